The third kappa shape index (κ3) is 5.70. The first-order valence-electron chi connectivity index (χ1n) is 11.1. The Morgan fingerprint density at radius 2 is 1.91 bits per heavy atom. The lowest BCUT2D eigenvalue weighted by Gasteiger charge is -2.27. The molecule has 3 aromatic rings. The summed E-state index contributed by atoms with van der Waals surface area (Å²) in [6.45, 7) is 7.91. The van der Waals surface area contributed by atoms with Crippen molar-refractivity contribution < 1.29 is 14.1 Å². The lowest BCUT2D eigenvalue weighted by molar-refractivity contribution is -0.121. The molecule has 1 aliphatic rings. The second-order valence-electron chi connectivity index (χ2n) is 8.19. The number of rotatable bonds is 8. The SMILES string of the molecule is CC(C)c1ccc(-c2noc(CCC(=O)NCc3ccc(N4CCOCC4)nc3)n2)cc1. The molecule has 0 atom stereocenters. The van der Waals surface area contributed by atoms with E-state index in [0.717, 1.165) is 43.2 Å². The molecule has 0 aliphatic carbocycles. The minimum absolute atomic E-state index is 0.0664. The number of nitrogens with one attached hydrogen (secondary N) is 1. The summed E-state index contributed by atoms with van der Waals surface area (Å²) in [4.78, 5) is 23.4. The van der Waals surface area contributed by atoms with Crippen LogP contribution in [0.5, 0.6) is 0 Å². The molecule has 168 valence electrons. The normalized spacial score (nSPS) is 14.0. The van der Waals surface area contributed by atoms with Crippen LogP contribution in [-0.2, 0) is 22.5 Å². The molecule has 8 nitrogen and oxygen atoms in total. The second kappa shape index (κ2) is 10.4. The molecule has 0 radical (unpaired) electrons. The molecule has 1 saturated heterocycles. The summed E-state index contributed by atoms with van der Waals surface area (Å²) in [5.74, 6) is 2.35. The van der Waals surface area contributed by atoms with Gasteiger partial charge in [0.2, 0.25) is 17.6 Å². The molecule has 32 heavy (non-hydrogen) atoms. The quantitative estimate of drug-likeness (QED) is 0.580. The molecule has 1 amide bonds. The van der Waals surface area contributed by atoms with Crippen molar-refractivity contribution in [1.82, 2.24) is 20.4 Å². The zero-order valence-electron chi connectivity index (χ0n) is 18.6. The van der Waals surface area contributed by atoms with Crippen LogP contribution in [0.3, 0.4) is 0 Å². The molecule has 1 N–H and O–H groups in total. The van der Waals surface area contributed by atoms with Gasteiger partial charge >= 0.3 is 0 Å². The number of carbonyl (C=O) groups excluding carboxylic acids is 1. The van der Waals surface area contributed by atoms with E-state index >= 15 is 0 Å². The topological polar surface area (TPSA) is 93.4 Å². The predicted molar refractivity (Wildman–Crippen MR) is 121 cm³/mol. The van der Waals surface area contributed by atoms with Gasteiger partial charge in [0.05, 0.1) is 13.2 Å². The summed E-state index contributed by atoms with van der Waals surface area (Å²) >= 11 is 0. The Balaban J connectivity index is 1.23. The van der Waals surface area contributed by atoms with Gasteiger partial charge in [-0.3, -0.25) is 4.79 Å². The van der Waals surface area contributed by atoms with Crippen LogP contribution < -0.4 is 10.2 Å². The van der Waals surface area contributed by atoms with Gasteiger partial charge in [-0.15, -0.1) is 0 Å². The van der Waals surface area contributed by atoms with Gasteiger partial charge in [0.15, 0.2) is 0 Å². The average molecular weight is 436 g/mol. The Kier molecular flexibility index (Phi) is 7.11. The van der Waals surface area contributed by atoms with Crippen LogP contribution in [0.1, 0.15) is 43.2 Å². The molecule has 2 aromatic heterocycles. The highest BCUT2D eigenvalue weighted by atomic mass is 16.5. The third-order valence-electron chi connectivity index (χ3n) is 5.50. The smallest absolute Gasteiger partial charge is 0.227 e. The number of ether oxygens (including phenoxy) is 1. The lowest BCUT2D eigenvalue weighted by atomic mass is 10.0. The van der Waals surface area contributed by atoms with E-state index in [0.29, 0.717) is 30.6 Å². The number of hydrogen-bond donors (Lipinski definition) is 1. The van der Waals surface area contributed by atoms with Crippen molar-refractivity contribution >= 4 is 11.7 Å². The van der Waals surface area contributed by atoms with Crippen molar-refractivity contribution in [2.45, 2.75) is 39.2 Å². The molecule has 1 fully saturated rings. The Labute approximate surface area is 188 Å². The fraction of sp³-hybridized carbons (Fsp3) is 0.417. The largest absolute Gasteiger partial charge is 0.378 e. The molecule has 0 bridgehead atoms. The van der Waals surface area contributed by atoms with E-state index in [-0.39, 0.29) is 12.3 Å². The Hall–Kier alpha value is -3.26. The molecular formula is C24H29N5O3. The van der Waals surface area contributed by atoms with Crippen LogP contribution in [0.2, 0.25) is 0 Å². The van der Waals surface area contributed by atoms with Crippen molar-refractivity contribution in [2.75, 3.05) is 31.2 Å². The maximum atomic E-state index is 12.2. The second-order valence-corrected chi connectivity index (χ2v) is 8.19. The van der Waals surface area contributed by atoms with Gasteiger partial charge in [0, 0.05) is 44.2 Å². The average Bonchev–Trinajstić information content (AvgIpc) is 3.31. The number of carbonyl (C=O) groups is 1. The molecule has 8 heteroatoms. The predicted octanol–water partition coefficient (Wildman–Crippen LogP) is 3.34. The van der Waals surface area contributed by atoms with Crippen molar-refractivity contribution in [3.05, 3.63) is 59.6 Å². The summed E-state index contributed by atoms with van der Waals surface area (Å²) in [5, 5.41) is 6.96. The highest BCUT2D eigenvalue weighted by molar-refractivity contribution is 5.76. The van der Waals surface area contributed by atoms with E-state index in [9.17, 15) is 4.79 Å². The number of morpholine rings is 1. The van der Waals surface area contributed by atoms with Crippen molar-refractivity contribution in [1.29, 1.82) is 0 Å². The molecule has 0 spiro atoms. The van der Waals surface area contributed by atoms with Crippen LogP contribution in [0.4, 0.5) is 5.82 Å². The van der Waals surface area contributed by atoms with E-state index in [4.69, 9.17) is 9.26 Å². The first-order valence-corrected chi connectivity index (χ1v) is 11.1. The standard InChI is InChI=1S/C24H29N5O3/c1-17(2)19-4-6-20(7-5-19)24-27-23(32-28-24)10-9-22(30)26-16-18-3-8-21(25-15-18)29-11-13-31-14-12-29/h3-8,15,17H,9-14,16H2,1-2H3,(H,26,30). The maximum Gasteiger partial charge on any atom is 0.227 e. The number of aromatic nitrogens is 3. The van der Waals surface area contributed by atoms with Gasteiger partial charge in [-0.1, -0.05) is 49.3 Å². The molecule has 1 aliphatic heterocycles. The Morgan fingerprint density at radius 3 is 2.59 bits per heavy atom. The molecule has 0 saturated carbocycles. The fourth-order valence-corrected chi connectivity index (χ4v) is 3.50. The van der Waals surface area contributed by atoms with Crippen LogP contribution in [0.25, 0.3) is 11.4 Å². The number of aryl methyl sites for hydroxylation is 1. The Morgan fingerprint density at radius 1 is 1.12 bits per heavy atom. The van der Waals surface area contributed by atoms with E-state index in [1.54, 1.807) is 6.20 Å². The van der Waals surface area contributed by atoms with E-state index in [1.165, 1.54) is 5.56 Å². The van der Waals surface area contributed by atoms with Gasteiger partial charge in [-0.2, -0.15) is 4.98 Å². The van der Waals surface area contributed by atoms with Gasteiger partial charge < -0.3 is 19.5 Å². The lowest BCUT2D eigenvalue weighted by Crippen LogP contribution is -2.36. The van der Waals surface area contributed by atoms with Crippen molar-refractivity contribution in [2.24, 2.45) is 0 Å². The van der Waals surface area contributed by atoms with Gasteiger partial charge in [-0.25, -0.2) is 4.98 Å². The summed E-state index contributed by atoms with van der Waals surface area (Å²) in [5.41, 5.74) is 3.13. The number of benzene rings is 1. The molecule has 1 aromatic carbocycles. The number of hydrogen-bond acceptors (Lipinski definition) is 7. The van der Waals surface area contributed by atoms with E-state index < -0.39 is 0 Å². The highest BCUT2D eigenvalue weighted by Crippen LogP contribution is 2.21. The highest BCUT2D eigenvalue weighted by Gasteiger charge is 2.13. The van der Waals surface area contributed by atoms with Crippen LogP contribution in [0, 0.1) is 0 Å². The monoisotopic (exact) mass is 435 g/mol. The van der Waals surface area contributed by atoms with Crippen LogP contribution in [-0.4, -0.2) is 47.3 Å². The van der Waals surface area contributed by atoms with Crippen LogP contribution >= 0.6 is 0 Å². The van der Waals surface area contributed by atoms with Crippen molar-refractivity contribution in [3.63, 3.8) is 0 Å². The summed E-state index contributed by atoms with van der Waals surface area (Å²) in [6, 6.07) is 12.1. The van der Waals surface area contributed by atoms with E-state index in [1.807, 2.05) is 24.3 Å². The van der Waals surface area contributed by atoms with E-state index in [2.05, 4.69) is 51.3 Å². The summed E-state index contributed by atoms with van der Waals surface area (Å²) in [7, 11) is 0. The zero-order valence-corrected chi connectivity index (χ0v) is 18.6. The minimum Gasteiger partial charge on any atom is -0.378 e. The van der Waals surface area contributed by atoms with Gasteiger partial charge in [0.25, 0.3) is 0 Å². The number of pyridine rings is 1. The number of nitrogens with zero attached hydrogens (tertiary/aromatic N) is 4. The third-order valence-corrected chi connectivity index (χ3v) is 5.50. The van der Waals surface area contributed by atoms with Crippen LogP contribution in [0.15, 0.2) is 47.1 Å². The molecule has 4 rings (SSSR count). The van der Waals surface area contributed by atoms with Gasteiger partial charge in [0.1, 0.15) is 5.82 Å². The zero-order chi connectivity index (χ0) is 22.3. The minimum atomic E-state index is -0.0664. The maximum absolute atomic E-state index is 12.2. The number of anilines is 1. The van der Waals surface area contributed by atoms with Gasteiger partial charge in [-0.05, 0) is 23.1 Å². The molecule has 0 unspecified atom stereocenters. The summed E-state index contributed by atoms with van der Waals surface area (Å²) in [6.07, 6.45) is 2.49. The Bertz CT molecular complexity index is 1010. The van der Waals surface area contributed by atoms with Crippen molar-refractivity contribution in [3.8, 4) is 11.4 Å². The first kappa shape index (κ1) is 22.0. The molecule has 3 heterocycles. The summed E-state index contributed by atoms with van der Waals surface area (Å²) < 4.78 is 10.7. The molecular weight excluding hydrogens is 406 g/mol. The fourth-order valence-electron chi connectivity index (χ4n) is 3.50. The first-order chi connectivity index (χ1) is 15.6. The number of amides is 1.